The molecule has 0 spiro atoms. The van der Waals surface area contributed by atoms with Gasteiger partial charge < -0.3 is 20.1 Å². The minimum atomic E-state index is 0.129. The van der Waals surface area contributed by atoms with Crippen LogP contribution in [0.15, 0.2) is 42.7 Å². The standard InChI is InChI=1S/C25H30N6O2/c1-25(9-3-10-25)28-14-17-8-11-31(15-17)23-7-6-20(29-30-23)19-5-4-18(12-22(19)32)21-13-24(33-2)27-16-26-21/h4-7,12-13,16-17,28,32H,3,8-11,14-15H2,1-2H3/t17-/m0/s1. The average molecular weight is 447 g/mol. The number of anilines is 1. The number of benzene rings is 1. The van der Waals surface area contributed by atoms with E-state index in [1.54, 1.807) is 19.2 Å². The SMILES string of the molecule is COc1cc(-c2ccc(-c3ccc(N4CC[C@@H](CNC5(C)CCC5)C4)nn3)c(O)c2)ncn1. The monoisotopic (exact) mass is 446 g/mol. The summed E-state index contributed by atoms with van der Waals surface area (Å²) in [7, 11) is 1.56. The summed E-state index contributed by atoms with van der Waals surface area (Å²) in [6.07, 6.45) is 6.53. The Morgan fingerprint density at radius 1 is 1.12 bits per heavy atom. The van der Waals surface area contributed by atoms with Gasteiger partial charge >= 0.3 is 0 Å². The second-order valence-electron chi connectivity index (χ2n) is 9.35. The van der Waals surface area contributed by atoms with E-state index in [1.807, 2.05) is 24.3 Å². The van der Waals surface area contributed by atoms with Gasteiger partial charge in [0.25, 0.3) is 0 Å². The van der Waals surface area contributed by atoms with Crippen molar-refractivity contribution in [3.8, 4) is 34.1 Å². The fourth-order valence-corrected chi connectivity index (χ4v) is 4.64. The van der Waals surface area contributed by atoms with Crippen LogP contribution in [0.25, 0.3) is 22.5 Å². The fourth-order valence-electron chi connectivity index (χ4n) is 4.64. The third-order valence-corrected chi connectivity index (χ3v) is 6.96. The first-order valence-corrected chi connectivity index (χ1v) is 11.6. The van der Waals surface area contributed by atoms with E-state index in [-0.39, 0.29) is 5.75 Å². The summed E-state index contributed by atoms with van der Waals surface area (Å²) in [6, 6.07) is 11.1. The zero-order valence-corrected chi connectivity index (χ0v) is 19.2. The van der Waals surface area contributed by atoms with Crippen LogP contribution in [0.2, 0.25) is 0 Å². The summed E-state index contributed by atoms with van der Waals surface area (Å²) in [6.45, 7) is 5.40. The van der Waals surface area contributed by atoms with Gasteiger partial charge in [0.1, 0.15) is 12.1 Å². The third kappa shape index (κ3) is 4.61. The van der Waals surface area contributed by atoms with E-state index in [0.717, 1.165) is 31.0 Å². The maximum Gasteiger partial charge on any atom is 0.216 e. The highest BCUT2D eigenvalue weighted by Gasteiger charge is 2.33. The summed E-state index contributed by atoms with van der Waals surface area (Å²) in [4.78, 5) is 10.6. The van der Waals surface area contributed by atoms with E-state index in [2.05, 4.69) is 37.3 Å². The molecule has 0 amide bonds. The number of hydrogen-bond donors (Lipinski definition) is 2. The van der Waals surface area contributed by atoms with Gasteiger partial charge in [-0.1, -0.05) is 6.07 Å². The van der Waals surface area contributed by atoms with E-state index < -0.39 is 0 Å². The van der Waals surface area contributed by atoms with Crippen LogP contribution in [0.3, 0.4) is 0 Å². The molecule has 3 heterocycles. The summed E-state index contributed by atoms with van der Waals surface area (Å²) in [5.41, 5.74) is 3.07. The number of nitrogens with one attached hydrogen (secondary N) is 1. The Hall–Kier alpha value is -3.26. The number of rotatable bonds is 7. The Morgan fingerprint density at radius 2 is 2.00 bits per heavy atom. The molecule has 1 aliphatic carbocycles. The first-order valence-electron chi connectivity index (χ1n) is 11.6. The highest BCUT2D eigenvalue weighted by Crippen LogP contribution is 2.34. The predicted octanol–water partition coefficient (Wildman–Crippen LogP) is 3.67. The van der Waals surface area contributed by atoms with Gasteiger partial charge in [-0.3, -0.25) is 0 Å². The van der Waals surface area contributed by atoms with Crippen molar-refractivity contribution in [3.63, 3.8) is 0 Å². The van der Waals surface area contributed by atoms with Crippen molar-refractivity contribution in [1.29, 1.82) is 0 Å². The minimum absolute atomic E-state index is 0.129. The molecule has 172 valence electrons. The largest absolute Gasteiger partial charge is 0.507 e. The van der Waals surface area contributed by atoms with E-state index in [9.17, 15) is 5.11 Å². The maximum atomic E-state index is 10.6. The molecule has 1 aliphatic heterocycles. The number of phenolic OH excluding ortho intramolecular Hbond substituents is 1. The van der Waals surface area contributed by atoms with Crippen molar-refractivity contribution in [2.24, 2.45) is 5.92 Å². The topological polar surface area (TPSA) is 96.3 Å². The molecular formula is C25H30N6O2. The molecule has 1 aromatic carbocycles. The van der Waals surface area contributed by atoms with Gasteiger partial charge in [-0.25, -0.2) is 9.97 Å². The fraction of sp³-hybridized carbons (Fsp3) is 0.440. The van der Waals surface area contributed by atoms with Gasteiger partial charge in [-0.15, -0.1) is 10.2 Å². The highest BCUT2D eigenvalue weighted by molar-refractivity contribution is 5.73. The number of aromatic nitrogens is 4. The lowest BCUT2D eigenvalue weighted by atomic mass is 9.78. The maximum absolute atomic E-state index is 10.6. The molecule has 2 fully saturated rings. The average Bonchev–Trinajstić information content (AvgIpc) is 3.31. The van der Waals surface area contributed by atoms with Crippen LogP contribution in [0.1, 0.15) is 32.6 Å². The zero-order chi connectivity index (χ0) is 22.8. The normalized spacial score (nSPS) is 19.3. The Labute approximate surface area is 194 Å². The number of nitrogens with zero attached hydrogens (tertiary/aromatic N) is 5. The lowest BCUT2D eigenvalue weighted by Gasteiger charge is -2.40. The van der Waals surface area contributed by atoms with Gasteiger partial charge in [0.15, 0.2) is 5.82 Å². The van der Waals surface area contributed by atoms with Crippen molar-refractivity contribution >= 4 is 5.82 Å². The molecule has 8 nitrogen and oxygen atoms in total. The van der Waals surface area contributed by atoms with Crippen molar-refractivity contribution < 1.29 is 9.84 Å². The lowest BCUT2D eigenvalue weighted by molar-refractivity contribution is 0.200. The quantitative estimate of drug-likeness (QED) is 0.568. The van der Waals surface area contributed by atoms with Crippen LogP contribution in [0.5, 0.6) is 11.6 Å². The van der Waals surface area contributed by atoms with Crippen LogP contribution in [-0.2, 0) is 0 Å². The van der Waals surface area contributed by atoms with Gasteiger partial charge in [-0.2, -0.15) is 0 Å². The van der Waals surface area contributed by atoms with Crippen LogP contribution in [0, 0.1) is 5.92 Å². The second-order valence-corrected chi connectivity index (χ2v) is 9.35. The summed E-state index contributed by atoms with van der Waals surface area (Å²) in [5, 5.41) is 23.3. The molecule has 1 saturated heterocycles. The summed E-state index contributed by atoms with van der Waals surface area (Å²) >= 11 is 0. The first kappa shape index (κ1) is 21.6. The number of methoxy groups -OCH3 is 1. The number of hydrogen-bond acceptors (Lipinski definition) is 8. The molecule has 3 aromatic rings. The van der Waals surface area contributed by atoms with Gasteiger partial charge in [0, 0.05) is 42.4 Å². The second kappa shape index (κ2) is 8.94. The van der Waals surface area contributed by atoms with Crippen LogP contribution >= 0.6 is 0 Å². The Kier molecular flexibility index (Phi) is 5.85. The lowest BCUT2D eigenvalue weighted by Crippen LogP contribution is -2.50. The molecule has 1 atom stereocenters. The van der Waals surface area contributed by atoms with Crippen molar-refractivity contribution in [3.05, 3.63) is 42.7 Å². The molecule has 8 heteroatoms. The Bertz CT molecular complexity index is 1120. The van der Waals surface area contributed by atoms with Crippen molar-refractivity contribution in [2.45, 2.75) is 38.1 Å². The molecule has 0 radical (unpaired) electrons. The third-order valence-electron chi connectivity index (χ3n) is 6.96. The molecule has 0 unspecified atom stereocenters. The summed E-state index contributed by atoms with van der Waals surface area (Å²) in [5.74, 6) is 2.13. The molecule has 2 aliphatic rings. The molecule has 5 rings (SSSR count). The molecule has 2 aromatic heterocycles. The number of phenols is 1. The number of aromatic hydroxyl groups is 1. The minimum Gasteiger partial charge on any atom is -0.507 e. The predicted molar refractivity (Wildman–Crippen MR) is 127 cm³/mol. The van der Waals surface area contributed by atoms with Crippen molar-refractivity contribution in [2.75, 3.05) is 31.6 Å². The smallest absolute Gasteiger partial charge is 0.216 e. The zero-order valence-electron chi connectivity index (χ0n) is 19.2. The summed E-state index contributed by atoms with van der Waals surface area (Å²) < 4.78 is 5.16. The molecule has 2 N–H and O–H groups in total. The van der Waals surface area contributed by atoms with Gasteiger partial charge in [-0.05, 0) is 62.8 Å². The van der Waals surface area contributed by atoms with E-state index >= 15 is 0 Å². The van der Waals surface area contributed by atoms with Crippen LogP contribution < -0.4 is 15.0 Å². The molecular weight excluding hydrogens is 416 g/mol. The Balaban J connectivity index is 1.25. The van der Waals surface area contributed by atoms with Crippen molar-refractivity contribution in [1.82, 2.24) is 25.5 Å². The molecule has 1 saturated carbocycles. The van der Waals surface area contributed by atoms with Crippen LogP contribution in [0.4, 0.5) is 5.82 Å². The van der Waals surface area contributed by atoms with Crippen LogP contribution in [-0.4, -0.2) is 57.6 Å². The molecule has 0 bridgehead atoms. The highest BCUT2D eigenvalue weighted by atomic mass is 16.5. The van der Waals surface area contributed by atoms with E-state index in [4.69, 9.17) is 4.74 Å². The van der Waals surface area contributed by atoms with E-state index in [1.165, 1.54) is 32.0 Å². The molecule has 33 heavy (non-hydrogen) atoms. The van der Waals surface area contributed by atoms with Gasteiger partial charge in [0.2, 0.25) is 5.88 Å². The number of ether oxygens (including phenoxy) is 1. The van der Waals surface area contributed by atoms with Gasteiger partial charge in [0.05, 0.1) is 18.5 Å². The van der Waals surface area contributed by atoms with E-state index in [0.29, 0.717) is 34.3 Å². The Morgan fingerprint density at radius 3 is 2.70 bits per heavy atom. The first-order chi connectivity index (χ1) is 16.0.